The Morgan fingerprint density at radius 3 is 2.62 bits per heavy atom. The van der Waals surface area contributed by atoms with Gasteiger partial charge in [-0.15, -0.1) is 0 Å². The van der Waals surface area contributed by atoms with Crippen LogP contribution >= 0.6 is 0 Å². The van der Waals surface area contributed by atoms with E-state index in [1.54, 1.807) is 19.1 Å². The number of carbonyl (C=O) groups is 1. The van der Waals surface area contributed by atoms with E-state index in [9.17, 15) is 9.18 Å². The van der Waals surface area contributed by atoms with Gasteiger partial charge in [-0.05, 0) is 13.0 Å². The van der Waals surface area contributed by atoms with Gasteiger partial charge in [-0.1, -0.05) is 26.8 Å². The molecule has 0 aliphatic carbocycles. The minimum atomic E-state index is -0.538. The van der Waals surface area contributed by atoms with Crippen molar-refractivity contribution in [1.29, 1.82) is 0 Å². The number of nitrogens with zero attached hydrogens (tertiary/aromatic N) is 1. The van der Waals surface area contributed by atoms with Crippen LogP contribution in [0, 0.1) is 11.4 Å². The Morgan fingerprint density at radius 1 is 1.50 bits per heavy atom. The van der Waals surface area contributed by atoms with E-state index in [1.807, 2.05) is 20.8 Å². The van der Waals surface area contributed by atoms with Gasteiger partial charge in [0.05, 0.1) is 6.04 Å². The molecule has 1 N–H and O–H groups in total. The van der Waals surface area contributed by atoms with Gasteiger partial charge >= 0.3 is 0 Å². The molecule has 0 aliphatic rings. The van der Waals surface area contributed by atoms with Crippen molar-refractivity contribution in [2.24, 2.45) is 5.41 Å². The van der Waals surface area contributed by atoms with Crippen molar-refractivity contribution >= 4 is 5.91 Å². The van der Waals surface area contributed by atoms with Crippen molar-refractivity contribution in [3.05, 3.63) is 29.8 Å². The molecular formula is C12H17FN2O. The highest BCUT2D eigenvalue weighted by Crippen LogP contribution is 2.18. The highest BCUT2D eigenvalue weighted by atomic mass is 19.1. The maximum Gasteiger partial charge on any atom is 0.225 e. The molecule has 0 bridgehead atoms. The summed E-state index contributed by atoms with van der Waals surface area (Å²) in [7, 11) is 0. The molecule has 16 heavy (non-hydrogen) atoms. The van der Waals surface area contributed by atoms with Gasteiger partial charge in [0, 0.05) is 17.2 Å². The summed E-state index contributed by atoms with van der Waals surface area (Å²) in [6.07, 6.45) is 1.39. The maximum atomic E-state index is 13.3. The number of aromatic nitrogens is 1. The van der Waals surface area contributed by atoms with E-state index in [1.165, 1.54) is 6.20 Å². The summed E-state index contributed by atoms with van der Waals surface area (Å²) in [6.45, 7) is 7.18. The molecule has 0 aliphatic heterocycles. The van der Waals surface area contributed by atoms with Crippen LogP contribution in [0.15, 0.2) is 18.3 Å². The monoisotopic (exact) mass is 224 g/mol. The Hall–Kier alpha value is -1.45. The molecule has 1 rings (SSSR count). The van der Waals surface area contributed by atoms with Crippen molar-refractivity contribution in [1.82, 2.24) is 10.3 Å². The summed E-state index contributed by atoms with van der Waals surface area (Å²) in [5.74, 6) is -0.646. The standard InChI is InChI=1S/C12H17FN2O/c1-8(15-11(16)12(2,3)4)9-6-5-7-14-10(9)13/h5-8H,1-4H3,(H,15,16). The van der Waals surface area contributed by atoms with E-state index in [0.29, 0.717) is 5.56 Å². The van der Waals surface area contributed by atoms with Crippen LogP contribution in [-0.2, 0) is 4.79 Å². The number of nitrogens with one attached hydrogen (secondary N) is 1. The number of hydrogen-bond acceptors (Lipinski definition) is 2. The first-order valence-corrected chi connectivity index (χ1v) is 5.23. The van der Waals surface area contributed by atoms with Gasteiger partial charge in [-0.25, -0.2) is 4.98 Å². The van der Waals surface area contributed by atoms with Crippen LogP contribution in [0.25, 0.3) is 0 Å². The highest BCUT2D eigenvalue weighted by Gasteiger charge is 2.23. The fourth-order valence-corrected chi connectivity index (χ4v) is 1.21. The molecule has 88 valence electrons. The molecule has 1 aromatic heterocycles. The lowest BCUT2D eigenvalue weighted by Gasteiger charge is -2.22. The molecule has 0 aromatic carbocycles. The molecule has 1 atom stereocenters. The smallest absolute Gasteiger partial charge is 0.225 e. The van der Waals surface area contributed by atoms with Crippen molar-refractivity contribution in [3.63, 3.8) is 0 Å². The second-order valence-corrected chi connectivity index (χ2v) is 4.83. The first kappa shape index (κ1) is 12.6. The largest absolute Gasteiger partial charge is 0.349 e. The van der Waals surface area contributed by atoms with Gasteiger partial charge < -0.3 is 5.32 Å². The second-order valence-electron chi connectivity index (χ2n) is 4.83. The average Bonchev–Trinajstić information content (AvgIpc) is 2.16. The van der Waals surface area contributed by atoms with Crippen LogP contribution in [-0.4, -0.2) is 10.9 Å². The predicted molar refractivity (Wildman–Crippen MR) is 60.2 cm³/mol. The Kier molecular flexibility index (Phi) is 3.62. The van der Waals surface area contributed by atoms with E-state index in [-0.39, 0.29) is 11.9 Å². The van der Waals surface area contributed by atoms with Crippen molar-refractivity contribution in [3.8, 4) is 0 Å². The van der Waals surface area contributed by atoms with Crippen LogP contribution in [0.3, 0.4) is 0 Å². The normalized spacial score (nSPS) is 13.3. The van der Waals surface area contributed by atoms with Gasteiger partial charge in [0.2, 0.25) is 11.9 Å². The minimum Gasteiger partial charge on any atom is -0.349 e. The van der Waals surface area contributed by atoms with Gasteiger partial charge in [0.1, 0.15) is 0 Å². The SMILES string of the molecule is CC(NC(=O)C(C)(C)C)c1cccnc1F. The fraction of sp³-hybridized carbons (Fsp3) is 0.500. The lowest BCUT2D eigenvalue weighted by Crippen LogP contribution is -2.36. The highest BCUT2D eigenvalue weighted by molar-refractivity contribution is 5.81. The molecule has 1 unspecified atom stereocenters. The molecule has 0 spiro atoms. The van der Waals surface area contributed by atoms with E-state index in [4.69, 9.17) is 0 Å². The molecule has 0 fully saturated rings. The zero-order valence-corrected chi connectivity index (χ0v) is 10.0. The molecule has 3 nitrogen and oxygen atoms in total. The number of carbonyl (C=O) groups excluding carboxylic acids is 1. The van der Waals surface area contributed by atoms with E-state index < -0.39 is 11.4 Å². The zero-order chi connectivity index (χ0) is 12.3. The maximum absolute atomic E-state index is 13.3. The Balaban J connectivity index is 2.78. The third-order valence-electron chi connectivity index (χ3n) is 2.28. The van der Waals surface area contributed by atoms with Crippen molar-refractivity contribution in [2.75, 3.05) is 0 Å². The van der Waals surface area contributed by atoms with Gasteiger partial charge in [-0.3, -0.25) is 4.79 Å². The van der Waals surface area contributed by atoms with Crippen molar-refractivity contribution < 1.29 is 9.18 Å². The lowest BCUT2D eigenvalue weighted by atomic mass is 9.95. The molecule has 1 aromatic rings. The van der Waals surface area contributed by atoms with E-state index in [0.717, 1.165) is 0 Å². The van der Waals surface area contributed by atoms with Gasteiger partial charge in [0.25, 0.3) is 0 Å². The first-order chi connectivity index (χ1) is 7.32. The Morgan fingerprint density at radius 2 is 2.12 bits per heavy atom. The summed E-state index contributed by atoms with van der Waals surface area (Å²) < 4.78 is 13.3. The zero-order valence-electron chi connectivity index (χ0n) is 10.0. The number of rotatable bonds is 2. The third-order valence-corrected chi connectivity index (χ3v) is 2.28. The summed E-state index contributed by atoms with van der Waals surface area (Å²) in [5, 5.41) is 2.76. The summed E-state index contributed by atoms with van der Waals surface area (Å²) in [4.78, 5) is 15.3. The molecule has 0 saturated carbocycles. The number of hydrogen-bond donors (Lipinski definition) is 1. The van der Waals surface area contributed by atoms with Crippen LogP contribution in [0.2, 0.25) is 0 Å². The minimum absolute atomic E-state index is 0.108. The predicted octanol–water partition coefficient (Wildman–Crippen LogP) is 2.44. The molecule has 1 amide bonds. The van der Waals surface area contributed by atoms with Gasteiger partial charge in [0.15, 0.2) is 0 Å². The summed E-state index contributed by atoms with van der Waals surface area (Å²) in [6, 6.07) is 2.90. The van der Waals surface area contributed by atoms with Crippen LogP contribution in [0.4, 0.5) is 4.39 Å². The molecular weight excluding hydrogens is 207 g/mol. The van der Waals surface area contributed by atoms with Crippen LogP contribution < -0.4 is 5.32 Å². The Labute approximate surface area is 95.1 Å². The first-order valence-electron chi connectivity index (χ1n) is 5.23. The van der Waals surface area contributed by atoms with Gasteiger partial charge in [-0.2, -0.15) is 4.39 Å². The Bertz CT molecular complexity index is 385. The third kappa shape index (κ3) is 3.02. The van der Waals surface area contributed by atoms with E-state index >= 15 is 0 Å². The molecule has 1 heterocycles. The summed E-state index contributed by atoms with van der Waals surface area (Å²) in [5.41, 5.74) is -0.0764. The number of pyridine rings is 1. The van der Waals surface area contributed by atoms with Crippen molar-refractivity contribution in [2.45, 2.75) is 33.7 Å². The van der Waals surface area contributed by atoms with Crippen LogP contribution in [0.1, 0.15) is 39.3 Å². The van der Waals surface area contributed by atoms with Crippen LogP contribution in [0.5, 0.6) is 0 Å². The fourth-order valence-electron chi connectivity index (χ4n) is 1.21. The summed E-state index contributed by atoms with van der Waals surface area (Å²) >= 11 is 0. The molecule has 0 radical (unpaired) electrons. The average molecular weight is 224 g/mol. The number of amides is 1. The lowest BCUT2D eigenvalue weighted by molar-refractivity contribution is -0.129. The number of halogens is 1. The second kappa shape index (κ2) is 4.60. The molecule has 4 heteroatoms. The topological polar surface area (TPSA) is 42.0 Å². The van der Waals surface area contributed by atoms with E-state index in [2.05, 4.69) is 10.3 Å². The quantitative estimate of drug-likeness (QED) is 0.784. The molecule has 0 saturated heterocycles.